The molecule has 0 amide bonds. The molecule has 1 saturated heterocycles. The monoisotopic (exact) mass is 313 g/mol. The van der Waals surface area contributed by atoms with Crippen molar-refractivity contribution in [1.29, 1.82) is 0 Å². The number of aliphatic hydroxyl groups is 1. The van der Waals surface area contributed by atoms with Crippen LogP contribution in [0.15, 0.2) is 24.3 Å². The van der Waals surface area contributed by atoms with E-state index in [1.54, 1.807) is 7.11 Å². The Balaban J connectivity index is 1.86. The molecule has 5 rings (SSSR count). The SMILES string of the molecule is C=C1CCC2(O)[C@H]3Cc4ccc(OC)c5c4[C@@]2(CCN3C)[C@H]1O5. The van der Waals surface area contributed by atoms with Crippen molar-refractivity contribution in [2.75, 3.05) is 20.7 Å². The molecule has 4 nitrogen and oxygen atoms in total. The van der Waals surface area contributed by atoms with Crippen LogP contribution in [0.3, 0.4) is 0 Å². The number of hydrogen-bond donors (Lipinski definition) is 1. The van der Waals surface area contributed by atoms with Gasteiger partial charge in [-0.2, -0.15) is 0 Å². The zero-order chi connectivity index (χ0) is 16.0. The molecule has 2 bridgehead atoms. The number of benzene rings is 1. The van der Waals surface area contributed by atoms with Crippen LogP contribution in [0, 0.1) is 0 Å². The second-order valence-electron chi connectivity index (χ2n) is 7.63. The van der Waals surface area contributed by atoms with E-state index in [4.69, 9.17) is 9.47 Å². The van der Waals surface area contributed by atoms with Gasteiger partial charge in [-0.15, -0.1) is 0 Å². The zero-order valence-electron chi connectivity index (χ0n) is 13.8. The third-order valence-corrected chi connectivity index (χ3v) is 6.88. The van der Waals surface area contributed by atoms with E-state index in [9.17, 15) is 5.11 Å². The van der Waals surface area contributed by atoms with Gasteiger partial charge in [0.15, 0.2) is 11.5 Å². The number of piperidine rings is 1. The van der Waals surface area contributed by atoms with Crippen molar-refractivity contribution in [3.63, 3.8) is 0 Å². The molecule has 0 aromatic heterocycles. The molecule has 1 spiro atoms. The van der Waals surface area contributed by atoms with Crippen LogP contribution in [0.4, 0.5) is 0 Å². The maximum Gasteiger partial charge on any atom is 0.166 e. The van der Waals surface area contributed by atoms with Crippen LogP contribution in [0.2, 0.25) is 0 Å². The number of nitrogens with zero attached hydrogens (tertiary/aromatic N) is 1. The molecule has 1 aromatic carbocycles. The third-order valence-electron chi connectivity index (χ3n) is 6.88. The molecule has 2 aliphatic heterocycles. The van der Waals surface area contributed by atoms with Gasteiger partial charge in [0.1, 0.15) is 6.10 Å². The molecule has 1 saturated carbocycles. The van der Waals surface area contributed by atoms with Crippen molar-refractivity contribution < 1.29 is 14.6 Å². The average molecular weight is 313 g/mol. The lowest BCUT2D eigenvalue weighted by Gasteiger charge is -2.62. The molecule has 23 heavy (non-hydrogen) atoms. The van der Waals surface area contributed by atoms with Crippen LogP contribution in [0.1, 0.15) is 30.4 Å². The molecule has 2 heterocycles. The van der Waals surface area contributed by atoms with Crippen molar-refractivity contribution >= 4 is 0 Å². The molecule has 1 N–H and O–H groups in total. The molecule has 4 aliphatic rings. The Labute approximate surface area is 136 Å². The van der Waals surface area contributed by atoms with Crippen molar-refractivity contribution in [2.24, 2.45) is 0 Å². The first kappa shape index (κ1) is 13.9. The van der Waals surface area contributed by atoms with Crippen molar-refractivity contribution in [3.05, 3.63) is 35.4 Å². The Morgan fingerprint density at radius 2 is 2.22 bits per heavy atom. The number of hydrogen-bond acceptors (Lipinski definition) is 4. The van der Waals surface area contributed by atoms with Gasteiger partial charge in [-0.25, -0.2) is 0 Å². The van der Waals surface area contributed by atoms with Gasteiger partial charge in [0.25, 0.3) is 0 Å². The normalized spacial score (nSPS) is 40.6. The maximum absolute atomic E-state index is 11.9. The van der Waals surface area contributed by atoms with Crippen LogP contribution in [0.25, 0.3) is 0 Å². The number of ether oxygens (including phenoxy) is 2. The lowest BCUT2D eigenvalue weighted by molar-refractivity contribution is -0.168. The number of methoxy groups -OCH3 is 1. The highest BCUT2D eigenvalue weighted by Gasteiger charge is 2.71. The van der Waals surface area contributed by atoms with Crippen LogP contribution < -0.4 is 9.47 Å². The van der Waals surface area contributed by atoms with Gasteiger partial charge in [-0.3, -0.25) is 0 Å². The highest BCUT2D eigenvalue weighted by atomic mass is 16.5. The molecule has 2 aliphatic carbocycles. The minimum absolute atomic E-state index is 0.122. The van der Waals surface area contributed by atoms with Crippen molar-refractivity contribution in [1.82, 2.24) is 4.90 Å². The summed E-state index contributed by atoms with van der Waals surface area (Å²) in [5.74, 6) is 1.62. The Kier molecular flexibility index (Phi) is 2.48. The molecule has 122 valence electrons. The highest BCUT2D eigenvalue weighted by molar-refractivity contribution is 5.64. The fourth-order valence-electron chi connectivity index (χ4n) is 5.81. The first-order valence-electron chi connectivity index (χ1n) is 8.50. The quantitative estimate of drug-likeness (QED) is 0.806. The Morgan fingerprint density at radius 3 is 3.00 bits per heavy atom. The molecule has 4 heteroatoms. The summed E-state index contributed by atoms with van der Waals surface area (Å²) in [5, 5.41) is 11.9. The summed E-state index contributed by atoms with van der Waals surface area (Å²) in [6.45, 7) is 5.27. The summed E-state index contributed by atoms with van der Waals surface area (Å²) in [6, 6.07) is 4.32. The number of likely N-dealkylation sites (N-methyl/N-ethyl adjacent to an activating group) is 1. The van der Waals surface area contributed by atoms with Gasteiger partial charge >= 0.3 is 0 Å². The van der Waals surface area contributed by atoms with Crippen LogP contribution >= 0.6 is 0 Å². The van der Waals surface area contributed by atoms with E-state index >= 15 is 0 Å². The number of rotatable bonds is 1. The van der Waals surface area contributed by atoms with Gasteiger partial charge in [0.2, 0.25) is 0 Å². The smallest absolute Gasteiger partial charge is 0.166 e. The summed E-state index contributed by atoms with van der Waals surface area (Å²) >= 11 is 0. The lowest BCUT2D eigenvalue weighted by Crippen LogP contribution is -2.74. The second-order valence-corrected chi connectivity index (χ2v) is 7.63. The fraction of sp³-hybridized carbons (Fsp3) is 0.579. The predicted molar refractivity (Wildman–Crippen MR) is 87.2 cm³/mol. The molecular weight excluding hydrogens is 290 g/mol. The molecule has 1 unspecified atom stereocenters. The predicted octanol–water partition coefficient (Wildman–Crippen LogP) is 2.04. The first-order chi connectivity index (χ1) is 11.0. The molecular formula is C19H23NO3. The minimum atomic E-state index is -0.740. The molecule has 1 aromatic rings. The molecule has 4 atom stereocenters. The van der Waals surface area contributed by atoms with Gasteiger partial charge in [-0.1, -0.05) is 12.6 Å². The molecule has 0 radical (unpaired) electrons. The van der Waals surface area contributed by atoms with E-state index in [0.717, 1.165) is 49.3 Å². The van der Waals surface area contributed by atoms with E-state index in [1.165, 1.54) is 11.1 Å². The Hall–Kier alpha value is -1.52. The summed E-state index contributed by atoms with van der Waals surface area (Å²) in [4.78, 5) is 2.33. The molecule has 2 fully saturated rings. The fourth-order valence-corrected chi connectivity index (χ4v) is 5.81. The zero-order valence-corrected chi connectivity index (χ0v) is 13.8. The van der Waals surface area contributed by atoms with E-state index in [0.29, 0.717) is 0 Å². The van der Waals surface area contributed by atoms with Crippen LogP contribution in [-0.4, -0.2) is 48.5 Å². The lowest BCUT2D eigenvalue weighted by atomic mass is 9.48. The number of likely N-dealkylation sites (tertiary alicyclic amines) is 1. The van der Waals surface area contributed by atoms with Gasteiger partial charge in [-0.05, 0) is 56.5 Å². The van der Waals surface area contributed by atoms with Gasteiger partial charge in [0, 0.05) is 11.6 Å². The van der Waals surface area contributed by atoms with Crippen molar-refractivity contribution in [2.45, 2.75) is 48.8 Å². The van der Waals surface area contributed by atoms with Gasteiger partial charge < -0.3 is 19.5 Å². The van der Waals surface area contributed by atoms with E-state index < -0.39 is 5.60 Å². The minimum Gasteiger partial charge on any atom is -0.493 e. The van der Waals surface area contributed by atoms with Crippen LogP contribution in [0.5, 0.6) is 11.5 Å². The first-order valence-corrected chi connectivity index (χ1v) is 8.50. The summed E-state index contributed by atoms with van der Waals surface area (Å²) < 4.78 is 12.0. The maximum atomic E-state index is 11.9. The topological polar surface area (TPSA) is 41.9 Å². The Morgan fingerprint density at radius 1 is 1.39 bits per heavy atom. The van der Waals surface area contributed by atoms with E-state index in [2.05, 4.69) is 24.6 Å². The third kappa shape index (κ3) is 1.33. The van der Waals surface area contributed by atoms with Gasteiger partial charge in [0.05, 0.1) is 18.1 Å². The summed E-state index contributed by atoms with van der Waals surface area (Å²) in [5.41, 5.74) is 2.53. The summed E-state index contributed by atoms with van der Waals surface area (Å²) in [7, 11) is 3.82. The van der Waals surface area contributed by atoms with Crippen molar-refractivity contribution in [3.8, 4) is 11.5 Å². The van der Waals surface area contributed by atoms with E-state index in [1.807, 2.05) is 6.07 Å². The summed E-state index contributed by atoms with van der Waals surface area (Å²) in [6.07, 6.45) is 3.27. The average Bonchev–Trinajstić information content (AvgIpc) is 2.90. The largest absolute Gasteiger partial charge is 0.493 e. The standard InChI is InChI=1S/C19H23NO3/c1-11-6-7-19(21)14-10-12-4-5-13(22-3)16-15(12)18(19,17(11)23-16)8-9-20(14)2/h4-5,14,17,21H,1,6-10H2,2-3H3/t14-,17+,18+,19?/m1/s1. The highest BCUT2D eigenvalue weighted by Crippen LogP contribution is 2.65. The Bertz CT molecular complexity index is 730. The van der Waals surface area contributed by atoms with E-state index in [-0.39, 0.29) is 17.6 Å². The second kappa shape index (κ2) is 4.11. The van der Waals surface area contributed by atoms with Crippen LogP contribution in [-0.2, 0) is 11.8 Å².